The molecule has 34 heavy (non-hydrogen) atoms. The Kier molecular flexibility index (Phi) is 6.89. The number of aryl methyl sites for hydroxylation is 1. The number of anilines is 2. The van der Waals surface area contributed by atoms with E-state index in [2.05, 4.69) is 10.3 Å². The SMILES string of the molecule is Cc1nc(Nc2sc(-c3c(F)cc(C(C)(C)O)cc3F)cc2C(N)=O)ccc1CN(C)C(=O)O. The number of rotatable bonds is 7. The molecular formula is C23H24F2N4O4S. The fraction of sp³-hybridized carbons (Fsp3) is 0.261. The number of carboxylic acid groups (broad SMARTS) is 1. The van der Waals surface area contributed by atoms with Gasteiger partial charge in [0.05, 0.1) is 23.3 Å². The summed E-state index contributed by atoms with van der Waals surface area (Å²) in [5, 5.41) is 22.3. The number of hydrogen-bond donors (Lipinski definition) is 4. The summed E-state index contributed by atoms with van der Waals surface area (Å²) in [6.07, 6.45) is -1.08. The van der Waals surface area contributed by atoms with Crippen molar-refractivity contribution in [2.45, 2.75) is 32.9 Å². The number of hydrogen-bond acceptors (Lipinski definition) is 6. The Morgan fingerprint density at radius 1 is 1.21 bits per heavy atom. The first-order chi connectivity index (χ1) is 15.8. The molecule has 0 fully saturated rings. The second kappa shape index (κ2) is 9.35. The van der Waals surface area contributed by atoms with Crippen molar-refractivity contribution in [3.05, 3.63) is 64.4 Å². The zero-order valence-electron chi connectivity index (χ0n) is 18.9. The lowest BCUT2D eigenvalue weighted by atomic mass is 9.96. The van der Waals surface area contributed by atoms with E-state index in [4.69, 9.17) is 10.8 Å². The average molecular weight is 491 g/mol. The predicted molar refractivity (Wildman–Crippen MR) is 125 cm³/mol. The summed E-state index contributed by atoms with van der Waals surface area (Å²) in [5.41, 5.74) is 5.06. The smallest absolute Gasteiger partial charge is 0.407 e. The number of halogens is 2. The van der Waals surface area contributed by atoms with Gasteiger partial charge in [0.25, 0.3) is 5.91 Å². The Labute approximate surface area is 198 Å². The molecule has 11 heteroatoms. The minimum Gasteiger partial charge on any atom is -0.465 e. The van der Waals surface area contributed by atoms with E-state index in [1.165, 1.54) is 27.0 Å². The van der Waals surface area contributed by atoms with Crippen LogP contribution >= 0.6 is 11.3 Å². The van der Waals surface area contributed by atoms with E-state index in [0.29, 0.717) is 17.1 Å². The van der Waals surface area contributed by atoms with Gasteiger partial charge in [-0.1, -0.05) is 6.07 Å². The summed E-state index contributed by atoms with van der Waals surface area (Å²) in [6, 6.07) is 6.68. The Bertz CT molecular complexity index is 1250. The Hall–Kier alpha value is -3.57. The third-order valence-corrected chi connectivity index (χ3v) is 6.23. The number of primary amides is 1. The van der Waals surface area contributed by atoms with E-state index >= 15 is 0 Å². The van der Waals surface area contributed by atoms with Crippen molar-refractivity contribution in [1.82, 2.24) is 9.88 Å². The molecule has 2 amide bonds. The number of aliphatic hydroxyl groups is 1. The molecule has 0 radical (unpaired) electrons. The standard InChI is InChI=1S/C23H24F2N4O4S/c1-11-12(10-29(4)22(31)32)5-6-18(27-11)28-21-14(20(26)30)9-17(34-21)19-15(24)7-13(8-16(19)25)23(2,3)33/h5-9,33H,10H2,1-4H3,(H2,26,30)(H,27,28)(H,31,32). The Morgan fingerprint density at radius 3 is 2.32 bits per heavy atom. The number of nitrogens with one attached hydrogen (secondary N) is 1. The molecule has 0 spiro atoms. The van der Waals surface area contributed by atoms with E-state index in [9.17, 15) is 23.5 Å². The van der Waals surface area contributed by atoms with Crippen LogP contribution in [0.3, 0.4) is 0 Å². The van der Waals surface area contributed by atoms with Gasteiger partial charge in [-0.05, 0) is 56.2 Å². The zero-order valence-corrected chi connectivity index (χ0v) is 19.8. The summed E-state index contributed by atoms with van der Waals surface area (Å²) >= 11 is 0.922. The van der Waals surface area contributed by atoms with Crippen LogP contribution in [0.5, 0.6) is 0 Å². The van der Waals surface area contributed by atoms with Gasteiger partial charge < -0.3 is 26.2 Å². The minimum atomic E-state index is -1.43. The molecular weight excluding hydrogens is 466 g/mol. The maximum absolute atomic E-state index is 14.8. The zero-order chi connectivity index (χ0) is 25.4. The molecule has 2 heterocycles. The highest BCUT2D eigenvalue weighted by atomic mass is 32.1. The first kappa shape index (κ1) is 25.1. The van der Waals surface area contributed by atoms with Gasteiger partial charge in [-0.3, -0.25) is 4.79 Å². The number of benzene rings is 1. The molecule has 0 saturated heterocycles. The second-order valence-corrected chi connectivity index (χ2v) is 9.35. The number of nitrogens with zero attached hydrogens (tertiary/aromatic N) is 2. The van der Waals surface area contributed by atoms with E-state index in [1.54, 1.807) is 19.1 Å². The largest absolute Gasteiger partial charge is 0.465 e. The van der Waals surface area contributed by atoms with Gasteiger partial charge in [0, 0.05) is 17.6 Å². The van der Waals surface area contributed by atoms with E-state index in [1.807, 2.05) is 0 Å². The number of thiophene rings is 1. The van der Waals surface area contributed by atoms with Crippen LogP contribution in [0, 0.1) is 18.6 Å². The second-order valence-electron chi connectivity index (χ2n) is 8.30. The normalized spacial score (nSPS) is 11.4. The van der Waals surface area contributed by atoms with Crippen molar-refractivity contribution in [2.75, 3.05) is 12.4 Å². The van der Waals surface area contributed by atoms with Crippen LogP contribution in [0.15, 0.2) is 30.3 Å². The minimum absolute atomic E-state index is 0.0273. The fourth-order valence-corrected chi connectivity index (χ4v) is 4.34. The molecule has 0 aliphatic carbocycles. The topological polar surface area (TPSA) is 129 Å². The fourth-order valence-electron chi connectivity index (χ4n) is 3.22. The molecule has 0 saturated carbocycles. The van der Waals surface area contributed by atoms with Crippen LogP contribution < -0.4 is 11.1 Å². The predicted octanol–water partition coefficient (Wildman–Crippen LogP) is 4.58. The van der Waals surface area contributed by atoms with Gasteiger partial charge in [-0.25, -0.2) is 18.6 Å². The van der Waals surface area contributed by atoms with Gasteiger partial charge in [0.1, 0.15) is 22.5 Å². The van der Waals surface area contributed by atoms with E-state index in [-0.39, 0.29) is 33.1 Å². The number of carbonyl (C=O) groups is 2. The summed E-state index contributed by atoms with van der Waals surface area (Å²) in [4.78, 5) is 28.7. The van der Waals surface area contributed by atoms with Crippen molar-refractivity contribution in [3.63, 3.8) is 0 Å². The van der Waals surface area contributed by atoms with Crippen LogP contribution in [0.4, 0.5) is 24.4 Å². The maximum Gasteiger partial charge on any atom is 0.407 e. The molecule has 8 nitrogen and oxygen atoms in total. The van der Waals surface area contributed by atoms with Crippen LogP contribution in [-0.4, -0.2) is 39.1 Å². The lowest BCUT2D eigenvalue weighted by Gasteiger charge is -2.18. The summed E-state index contributed by atoms with van der Waals surface area (Å²) in [7, 11) is 1.44. The first-order valence-corrected chi connectivity index (χ1v) is 10.9. The summed E-state index contributed by atoms with van der Waals surface area (Å²) in [6.45, 7) is 4.68. The van der Waals surface area contributed by atoms with Gasteiger partial charge in [0.2, 0.25) is 0 Å². The average Bonchev–Trinajstić information content (AvgIpc) is 3.12. The molecule has 3 rings (SSSR count). The van der Waals surface area contributed by atoms with Crippen LogP contribution in [0.2, 0.25) is 0 Å². The summed E-state index contributed by atoms with van der Waals surface area (Å²) in [5.74, 6) is -2.23. The van der Waals surface area contributed by atoms with E-state index < -0.39 is 29.2 Å². The van der Waals surface area contributed by atoms with Crippen molar-refractivity contribution >= 4 is 34.2 Å². The van der Waals surface area contributed by atoms with Gasteiger partial charge >= 0.3 is 6.09 Å². The number of pyridine rings is 1. The van der Waals surface area contributed by atoms with Gasteiger partial charge in [0.15, 0.2) is 0 Å². The highest BCUT2D eigenvalue weighted by Crippen LogP contribution is 2.40. The molecule has 3 aromatic rings. The molecule has 5 N–H and O–H groups in total. The maximum atomic E-state index is 14.8. The van der Waals surface area contributed by atoms with Crippen molar-refractivity contribution in [3.8, 4) is 10.4 Å². The molecule has 0 aliphatic heterocycles. The quantitative estimate of drug-likeness (QED) is 0.384. The Balaban J connectivity index is 1.97. The molecule has 1 aromatic carbocycles. The van der Waals surface area contributed by atoms with Crippen molar-refractivity contribution < 1.29 is 28.6 Å². The number of carbonyl (C=O) groups excluding carboxylic acids is 1. The molecule has 0 atom stereocenters. The molecule has 0 aliphatic rings. The molecule has 2 aromatic heterocycles. The number of amides is 2. The van der Waals surface area contributed by atoms with Crippen molar-refractivity contribution in [1.29, 1.82) is 0 Å². The van der Waals surface area contributed by atoms with E-state index in [0.717, 1.165) is 28.4 Å². The van der Waals surface area contributed by atoms with Crippen molar-refractivity contribution in [2.24, 2.45) is 5.73 Å². The molecule has 180 valence electrons. The van der Waals surface area contributed by atoms with Crippen LogP contribution in [-0.2, 0) is 12.1 Å². The lowest BCUT2D eigenvalue weighted by Crippen LogP contribution is -2.24. The van der Waals surface area contributed by atoms with Gasteiger partial charge in [-0.15, -0.1) is 11.3 Å². The highest BCUT2D eigenvalue weighted by molar-refractivity contribution is 7.20. The first-order valence-electron chi connectivity index (χ1n) is 10.1. The third-order valence-electron chi connectivity index (χ3n) is 5.16. The lowest BCUT2D eigenvalue weighted by molar-refractivity contribution is 0.0778. The molecule has 0 bridgehead atoms. The number of aromatic nitrogens is 1. The van der Waals surface area contributed by atoms with Crippen LogP contribution in [0.25, 0.3) is 10.4 Å². The summed E-state index contributed by atoms with van der Waals surface area (Å²) < 4.78 is 29.6. The Morgan fingerprint density at radius 2 is 1.82 bits per heavy atom. The third kappa shape index (κ3) is 5.32. The number of nitrogens with two attached hydrogens (primary N) is 1. The highest BCUT2D eigenvalue weighted by Gasteiger charge is 2.24. The molecule has 0 unspecified atom stereocenters. The monoisotopic (exact) mass is 490 g/mol. The van der Waals surface area contributed by atoms with Gasteiger partial charge in [-0.2, -0.15) is 0 Å². The van der Waals surface area contributed by atoms with Crippen LogP contribution in [0.1, 0.15) is 41.0 Å².